The molecule has 1 saturated carbocycles. The third kappa shape index (κ3) is 12.3. The van der Waals surface area contributed by atoms with Crippen LogP contribution in [0.2, 0.25) is 5.02 Å². The van der Waals surface area contributed by atoms with E-state index in [4.69, 9.17) is 31.5 Å². The van der Waals surface area contributed by atoms with E-state index in [9.17, 15) is 28.4 Å². The molecule has 1 atom stereocenters. The minimum atomic E-state index is -1.25. The fourth-order valence-electron chi connectivity index (χ4n) is 8.80. The van der Waals surface area contributed by atoms with Crippen molar-refractivity contribution in [3.63, 3.8) is 0 Å². The number of imide groups is 1. The first-order valence-corrected chi connectivity index (χ1v) is 23.6. The van der Waals surface area contributed by atoms with Crippen molar-refractivity contribution in [2.75, 3.05) is 76.8 Å². The van der Waals surface area contributed by atoms with Crippen LogP contribution in [0, 0.1) is 11.2 Å². The average Bonchev–Trinajstić information content (AvgIpc) is 3.64. The molecule has 17 nitrogen and oxygen atoms in total. The molecular formula is C49H60ClFN9O8+. The average molecular weight is 958 g/mol. The second-order valence-corrected chi connectivity index (χ2v) is 17.9. The summed E-state index contributed by atoms with van der Waals surface area (Å²) in [4.78, 5) is 74.4. The molecule has 1 aromatic heterocycles. The lowest BCUT2D eigenvalue weighted by atomic mass is 9.67. The predicted molar refractivity (Wildman–Crippen MR) is 255 cm³/mol. The first-order valence-electron chi connectivity index (χ1n) is 23.3. The molecule has 4 aromatic rings. The standard InChI is InChI=1S/C49H59ClFN9O8/c1-66-41-30-40-36(45(55-32-54-40)56-35-13-14-38(51)37(50)28-35)29-42(41)68-25-7-22-60(23-26-67-27-24-60)31-33-9-11-34(12-10-33)57-46(63)39(8-5-19-52)58-48(65)49(17-6-18-49)47(64)53-20-3-2-4-21-59-43(61)15-16-44(59)62/h9-16,28-30,32,39H,2-8,17-27,31,52H2,1H3,(H3-,53,54,55,56,57,58,63,64,65)/p+1/t39-/m0/s1. The maximum absolute atomic E-state index is 13.8. The van der Waals surface area contributed by atoms with E-state index < -0.39 is 29.1 Å². The molecule has 3 aromatic carbocycles. The number of nitrogens with zero attached hydrogens (tertiary/aromatic N) is 4. The van der Waals surface area contributed by atoms with Crippen molar-refractivity contribution >= 4 is 69.2 Å². The molecule has 6 N–H and O–H groups in total. The van der Waals surface area contributed by atoms with Crippen molar-refractivity contribution in [2.24, 2.45) is 11.1 Å². The van der Waals surface area contributed by atoms with E-state index in [0.29, 0.717) is 130 Å². The summed E-state index contributed by atoms with van der Waals surface area (Å²) in [6.07, 6.45) is 8.89. The molecule has 19 heteroatoms. The zero-order valence-corrected chi connectivity index (χ0v) is 39.1. The fraction of sp³-hybridized carbons (Fsp3) is 0.449. The van der Waals surface area contributed by atoms with E-state index in [2.05, 4.69) is 31.2 Å². The van der Waals surface area contributed by atoms with Gasteiger partial charge in [0, 0.05) is 60.1 Å². The summed E-state index contributed by atoms with van der Waals surface area (Å²) in [5.41, 5.74) is 7.43. The lowest BCUT2D eigenvalue weighted by Crippen LogP contribution is -2.58. The largest absolute Gasteiger partial charge is 0.493 e. The molecule has 3 aliphatic rings. The number of rotatable bonds is 24. The summed E-state index contributed by atoms with van der Waals surface area (Å²) in [5, 5.41) is 12.6. The third-order valence-electron chi connectivity index (χ3n) is 12.9. The van der Waals surface area contributed by atoms with Gasteiger partial charge in [-0.1, -0.05) is 30.2 Å². The number of methoxy groups -OCH3 is 1. The number of aromatic nitrogens is 2. The van der Waals surface area contributed by atoms with Gasteiger partial charge < -0.3 is 45.7 Å². The molecule has 1 saturated heterocycles. The molecule has 68 heavy (non-hydrogen) atoms. The summed E-state index contributed by atoms with van der Waals surface area (Å²) >= 11 is 6.02. The summed E-state index contributed by atoms with van der Waals surface area (Å²) in [7, 11) is 1.57. The van der Waals surface area contributed by atoms with E-state index in [1.54, 1.807) is 19.2 Å². The van der Waals surface area contributed by atoms with Gasteiger partial charge in [0.1, 0.15) is 49.1 Å². The van der Waals surface area contributed by atoms with Crippen LogP contribution in [0.15, 0.2) is 73.1 Å². The minimum Gasteiger partial charge on any atom is -0.493 e. The van der Waals surface area contributed by atoms with Crippen molar-refractivity contribution < 1.29 is 47.1 Å². The molecule has 7 rings (SSSR count). The summed E-state index contributed by atoms with van der Waals surface area (Å²) in [5.74, 6) is -0.817. The van der Waals surface area contributed by atoms with Crippen LogP contribution in [0.1, 0.15) is 63.4 Å². The molecule has 0 radical (unpaired) electrons. The van der Waals surface area contributed by atoms with Gasteiger partial charge in [-0.15, -0.1) is 0 Å². The zero-order chi connectivity index (χ0) is 48.1. The molecule has 0 bridgehead atoms. The maximum Gasteiger partial charge on any atom is 0.253 e. The molecule has 0 unspecified atom stereocenters. The maximum atomic E-state index is 13.8. The van der Waals surface area contributed by atoms with Gasteiger partial charge in [0.25, 0.3) is 11.8 Å². The van der Waals surface area contributed by atoms with Crippen molar-refractivity contribution in [3.05, 3.63) is 89.5 Å². The van der Waals surface area contributed by atoms with Crippen LogP contribution in [-0.4, -0.2) is 121 Å². The van der Waals surface area contributed by atoms with Gasteiger partial charge in [-0.2, -0.15) is 0 Å². The number of unbranched alkanes of at least 4 members (excludes halogenated alkanes) is 2. The monoisotopic (exact) mass is 956 g/mol. The molecule has 2 aliphatic heterocycles. The Morgan fingerprint density at radius 2 is 1.68 bits per heavy atom. The number of morpholine rings is 1. The Bertz CT molecular complexity index is 2460. The van der Waals surface area contributed by atoms with E-state index in [1.165, 1.54) is 35.5 Å². The number of benzene rings is 3. The van der Waals surface area contributed by atoms with Crippen LogP contribution in [-0.2, 0) is 35.3 Å². The highest BCUT2D eigenvalue weighted by Gasteiger charge is 2.51. The molecule has 5 amide bonds. The van der Waals surface area contributed by atoms with Gasteiger partial charge in [0.05, 0.1) is 44.0 Å². The fourth-order valence-corrected chi connectivity index (χ4v) is 8.98. The van der Waals surface area contributed by atoms with Gasteiger partial charge in [-0.05, 0) is 87.9 Å². The number of amides is 5. The Labute approximate surface area is 399 Å². The normalized spacial score (nSPS) is 16.5. The summed E-state index contributed by atoms with van der Waals surface area (Å²) in [6.45, 7) is 5.89. The number of quaternary nitrogens is 1. The number of ether oxygens (including phenoxy) is 3. The lowest BCUT2D eigenvalue weighted by molar-refractivity contribution is -0.947. The number of carbonyl (C=O) groups is 5. The quantitative estimate of drug-likeness (QED) is 0.0254. The molecule has 3 heterocycles. The number of nitrogens with two attached hydrogens (primary N) is 1. The Kier molecular flexibility index (Phi) is 17.0. The van der Waals surface area contributed by atoms with E-state index >= 15 is 0 Å². The molecule has 2 fully saturated rings. The highest BCUT2D eigenvalue weighted by molar-refractivity contribution is 6.31. The van der Waals surface area contributed by atoms with Gasteiger partial charge in [-0.3, -0.25) is 28.9 Å². The van der Waals surface area contributed by atoms with Crippen LogP contribution >= 0.6 is 11.6 Å². The number of fused-ring (bicyclic) bond motifs is 1. The third-order valence-corrected chi connectivity index (χ3v) is 13.2. The highest BCUT2D eigenvalue weighted by Crippen LogP contribution is 2.42. The number of anilines is 3. The van der Waals surface area contributed by atoms with Crippen molar-refractivity contribution in [1.82, 2.24) is 25.5 Å². The van der Waals surface area contributed by atoms with E-state index in [-0.39, 0.29) is 22.7 Å². The van der Waals surface area contributed by atoms with Gasteiger partial charge in [0.2, 0.25) is 17.7 Å². The SMILES string of the molecule is COc1cc2ncnc(Nc3ccc(F)c(Cl)c3)c2cc1OCCC[N+]1(Cc2ccc(NC(=O)[C@H](CCCN)NC(=O)C3(C(=O)NCCCCCN4C(=O)C=CC4=O)CCC3)cc2)CCOCC1. The second-order valence-electron chi connectivity index (χ2n) is 17.5. The zero-order valence-electron chi connectivity index (χ0n) is 38.3. The number of hydrogen-bond acceptors (Lipinski definition) is 12. The minimum absolute atomic E-state index is 0.00886. The Balaban J connectivity index is 0.911. The molecule has 362 valence electrons. The van der Waals surface area contributed by atoms with Crippen molar-refractivity contribution in [1.29, 1.82) is 0 Å². The van der Waals surface area contributed by atoms with Gasteiger partial charge in [0.15, 0.2) is 11.5 Å². The predicted octanol–water partition coefficient (Wildman–Crippen LogP) is 5.53. The molecule has 0 spiro atoms. The Hall–Kier alpha value is -6.21. The number of carbonyl (C=O) groups excluding carboxylic acids is 5. The van der Waals surface area contributed by atoms with Crippen molar-refractivity contribution in [3.8, 4) is 11.5 Å². The van der Waals surface area contributed by atoms with Gasteiger partial charge in [-0.25, -0.2) is 14.4 Å². The van der Waals surface area contributed by atoms with Crippen LogP contribution in [0.25, 0.3) is 10.9 Å². The van der Waals surface area contributed by atoms with Crippen molar-refractivity contribution in [2.45, 2.75) is 70.4 Å². The first kappa shape index (κ1) is 49.7. The Morgan fingerprint density at radius 3 is 2.37 bits per heavy atom. The summed E-state index contributed by atoms with van der Waals surface area (Å²) in [6, 6.07) is 14.8. The lowest BCUT2D eigenvalue weighted by Gasteiger charge is -2.41. The first-order chi connectivity index (χ1) is 32.9. The molecule has 1 aliphatic carbocycles. The van der Waals surface area contributed by atoms with Crippen LogP contribution < -0.4 is 36.5 Å². The number of nitrogens with one attached hydrogen (secondary N) is 4. The number of halogens is 2. The van der Waals surface area contributed by atoms with E-state index in [1.807, 2.05) is 30.3 Å². The second kappa shape index (κ2) is 23.2. The number of hydrogen-bond donors (Lipinski definition) is 5. The van der Waals surface area contributed by atoms with Crippen LogP contribution in [0.4, 0.5) is 21.6 Å². The van der Waals surface area contributed by atoms with E-state index in [0.717, 1.165) is 42.6 Å². The smallest absolute Gasteiger partial charge is 0.253 e. The van der Waals surface area contributed by atoms with Gasteiger partial charge >= 0.3 is 0 Å². The Morgan fingerprint density at radius 1 is 0.926 bits per heavy atom. The van der Waals surface area contributed by atoms with Crippen LogP contribution in [0.3, 0.4) is 0 Å². The topological polar surface area (TPSA) is 216 Å². The highest BCUT2D eigenvalue weighted by atomic mass is 35.5. The van der Waals surface area contributed by atoms with Crippen LogP contribution in [0.5, 0.6) is 11.5 Å². The summed E-state index contributed by atoms with van der Waals surface area (Å²) < 4.78 is 32.4. The molecular weight excluding hydrogens is 897 g/mol.